The van der Waals surface area contributed by atoms with Crippen LogP contribution >= 0.6 is 0 Å². The summed E-state index contributed by atoms with van der Waals surface area (Å²) in [5.41, 5.74) is 3.93. The predicted octanol–water partition coefficient (Wildman–Crippen LogP) is 7.93. The molecule has 2 N–H and O–H groups in total. The molecule has 0 bridgehead atoms. The molecule has 0 heterocycles. The quantitative estimate of drug-likeness (QED) is 0.220. The largest absolute Gasteiger partial charge is 0.393 e. The van der Waals surface area contributed by atoms with Crippen molar-refractivity contribution in [1.29, 1.82) is 0 Å². The van der Waals surface area contributed by atoms with Gasteiger partial charge in [0.05, 0.1) is 6.10 Å². The molecule has 4 aliphatic carbocycles. The number of hydrogen-bond donors (Lipinski definition) is 2. The van der Waals surface area contributed by atoms with Crippen molar-refractivity contribution in [2.24, 2.45) is 40.4 Å². The first-order valence-corrected chi connectivity index (χ1v) is 15.3. The molecule has 0 radical (unpaired) electrons. The summed E-state index contributed by atoms with van der Waals surface area (Å²) in [6.07, 6.45) is 20.7. The molecule has 0 aromatic rings. The van der Waals surface area contributed by atoms with E-state index in [2.05, 4.69) is 58.7 Å². The minimum absolute atomic E-state index is 0.113. The zero-order valence-electron chi connectivity index (χ0n) is 24.3. The summed E-state index contributed by atoms with van der Waals surface area (Å²) >= 11 is 0. The molecule has 0 amide bonds. The standard InChI is InChI=1S/C34H53NO2/c1-7-13-29(35-19-12-10-8-9-11-14-23(2)3)31-24(4)20-28-27-16-15-25-21-26(36)17-18-33(25,5)32(27)30(37)22-34(28,31)6/h13,17-18,21,24,27-28,30-32,35,37H,2,7-12,14-16,19-20,22H2,1,3-6H3/b29-13+/t24-,27?,28?,30?,31-,32?,33?,34?/m1/s1. The molecule has 3 heteroatoms. The van der Waals surface area contributed by atoms with E-state index >= 15 is 0 Å². The monoisotopic (exact) mass is 507 g/mol. The van der Waals surface area contributed by atoms with E-state index < -0.39 is 0 Å². The fourth-order valence-electron chi connectivity index (χ4n) is 9.20. The molecule has 0 aromatic heterocycles. The second-order valence-electron chi connectivity index (χ2n) is 13.5. The van der Waals surface area contributed by atoms with Crippen molar-refractivity contribution in [2.75, 3.05) is 6.54 Å². The summed E-state index contributed by atoms with van der Waals surface area (Å²) in [5, 5.41) is 15.7. The summed E-state index contributed by atoms with van der Waals surface area (Å²) in [7, 11) is 0. The third-order valence-corrected chi connectivity index (χ3v) is 10.7. The Bertz CT molecular complexity index is 943. The van der Waals surface area contributed by atoms with Crippen LogP contribution in [0.5, 0.6) is 0 Å². The number of aliphatic hydroxyl groups excluding tert-OH is 1. The Morgan fingerprint density at radius 3 is 2.68 bits per heavy atom. The van der Waals surface area contributed by atoms with E-state index in [-0.39, 0.29) is 28.6 Å². The zero-order valence-corrected chi connectivity index (χ0v) is 24.3. The highest BCUT2D eigenvalue weighted by Crippen LogP contribution is 2.67. The van der Waals surface area contributed by atoms with Crippen LogP contribution in [0.3, 0.4) is 0 Å². The highest BCUT2D eigenvalue weighted by molar-refractivity contribution is 6.01. The first kappa shape index (κ1) is 28.4. The van der Waals surface area contributed by atoms with Gasteiger partial charge < -0.3 is 10.4 Å². The Hall–Kier alpha value is -1.61. The predicted molar refractivity (Wildman–Crippen MR) is 155 cm³/mol. The number of fused-ring (bicyclic) bond motifs is 5. The van der Waals surface area contributed by atoms with Gasteiger partial charge in [-0.15, -0.1) is 6.58 Å². The molecule has 206 valence electrons. The first-order valence-electron chi connectivity index (χ1n) is 15.3. The van der Waals surface area contributed by atoms with Crippen LogP contribution in [-0.4, -0.2) is 23.5 Å². The van der Waals surface area contributed by atoms with Crippen LogP contribution in [0.25, 0.3) is 0 Å². The van der Waals surface area contributed by atoms with Crippen molar-refractivity contribution < 1.29 is 9.90 Å². The van der Waals surface area contributed by atoms with Gasteiger partial charge in [0, 0.05) is 29.5 Å². The minimum Gasteiger partial charge on any atom is -0.393 e. The molecule has 0 aliphatic heterocycles. The second-order valence-corrected chi connectivity index (χ2v) is 13.5. The molecule has 3 nitrogen and oxygen atoms in total. The van der Waals surface area contributed by atoms with E-state index in [1.165, 1.54) is 61.8 Å². The van der Waals surface area contributed by atoms with Gasteiger partial charge in [0.15, 0.2) is 5.78 Å². The highest BCUT2D eigenvalue weighted by atomic mass is 16.3. The fraction of sp³-hybridized carbons (Fsp3) is 0.735. The van der Waals surface area contributed by atoms with Gasteiger partial charge in [-0.25, -0.2) is 0 Å². The van der Waals surface area contributed by atoms with Crippen molar-refractivity contribution >= 4 is 5.78 Å². The van der Waals surface area contributed by atoms with Crippen LogP contribution in [0.15, 0.2) is 47.7 Å². The average Bonchev–Trinajstić information content (AvgIpc) is 3.09. The van der Waals surface area contributed by atoms with Crippen molar-refractivity contribution in [3.63, 3.8) is 0 Å². The lowest BCUT2D eigenvalue weighted by molar-refractivity contribution is -0.117. The summed E-state index contributed by atoms with van der Waals surface area (Å²) in [5.74, 6) is 2.57. The zero-order chi connectivity index (χ0) is 26.8. The fourth-order valence-corrected chi connectivity index (χ4v) is 9.20. The molecular formula is C34H53NO2. The second kappa shape index (κ2) is 11.6. The van der Waals surface area contributed by atoms with Gasteiger partial charge in [-0.05, 0) is 93.6 Å². The molecule has 4 aliphatic rings. The first-order chi connectivity index (χ1) is 17.6. The van der Waals surface area contributed by atoms with E-state index in [4.69, 9.17) is 0 Å². The molecule has 37 heavy (non-hydrogen) atoms. The molecule has 3 saturated carbocycles. The summed E-state index contributed by atoms with van der Waals surface area (Å²) in [6.45, 7) is 16.7. The molecular weight excluding hydrogens is 454 g/mol. The molecule has 4 rings (SSSR count). The Morgan fingerprint density at radius 1 is 1.22 bits per heavy atom. The maximum Gasteiger partial charge on any atom is 0.178 e. The maximum absolute atomic E-state index is 12.1. The van der Waals surface area contributed by atoms with Crippen molar-refractivity contribution in [3.05, 3.63) is 47.7 Å². The van der Waals surface area contributed by atoms with Crippen LogP contribution in [0, 0.1) is 40.4 Å². The number of carbonyl (C=O) groups is 1. The lowest BCUT2D eigenvalue weighted by atomic mass is 9.46. The van der Waals surface area contributed by atoms with Gasteiger partial charge in [-0.3, -0.25) is 4.79 Å². The van der Waals surface area contributed by atoms with Gasteiger partial charge in [0.2, 0.25) is 0 Å². The van der Waals surface area contributed by atoms with Crippen LogP contribution in [0.4, 0.5) is 0 Å². The minimum atomic E-state index is -0.326. The van der Waals surface area contributed by atoms with E-state index in [0.717, 1.165) is 32.2 Å². The molecule has 8 atom stereocenters. The number of carbonyl (C=O) groups excluding carboxylic acids is 1. The Kier molecular flexibility index (Phi) is 8.94. The van der Waals surface area contributed by atoms with Crippen LogP contribution in [0.2, 0.25) is 0 Å². The van der Waals surface area contributed by atoms with Crippen LogP contribution in [-0.2, 0) is 4.79 Å². The molecule has 0 aromatic carbocycles. The molecule has 3 fully saturated rings. The Balaban J connectivity index is 1.44. The molecule has 0 spiro atoms. The number of nitrogens with one attached hydrogen (secondary N) is 1. The van der Waals surface area contributed by atoms with Gasteiger partial charge >= 0.3 is 0 Å². The van der Waals surface area contributed by atoms with Gasteiger partial charge in [-0.2, -0.15) is 0 Å². The summed E-state index contributed by atoms with van der Waals surface area (Å²) in [4.78, 5) is 12.1. The third-order valence-electron chi connectivity index (χ3n) is 10.7. The third kappa shape index (κ3) is 5.58. The van der Waals surface area contributed by atoms with E-state index in [0.29, 0.717) is 23.7 Å². The average molecular weight is 508 g/mol. The number of rotatable bonds is 11. The molecule has 0 saturated heterocycles. The topological polar surface area (TPSA) is 49.3 Å². The van der Waals surface area contributed by atoms with Gasteiger partial charge in [0.1, 0.15) is 0 Å². The number of allylic oxidation sites excluding steroid dienone is 7. The summed E-state index contributed by atoms with van der Waals surface area (Å²) < 4.78 is 0. The summed E-state index contributed by atoms with van der Waals surface area (Å²) in [6, 6.07) is 0. The maximum atomic E-state index is 12.1. The van der Waals surface area contributed by atoms with Crippen LogP contribution < -0.4 is 5.32 Å². The number of ketones is 1. The normalized spacial score (nSPS) is 39.0. The Morgan fingerprint density at radius 2 is 1.95 bits per heavy atom. The lowest BCUT2D eigenvalue weighted by Gasteiger charge is -2.59. The highest BCUT2D eigenvalue weighted by Gasteiger charge is 2.63. The van der Waals surface area contributed by atoms with E-state index in [1.54, 1.807) is 6.08 Å². The molecule has 6 unspecified atom stereocenters. The van der Waals surface area contributed by atoms with Crippen LogP contribution in [0.1, 0.15) is 105 Å². The van der Waals surface area contributed by atoms with Crippen molar-refractivity contribution in [3.8, 4) is 0 Å². The van der Waals surface area contributed by atoms with E-state index in [1.807, 2.05) is 6.08 Å². The number of hydrogen-bond acceptors (Lipinski definition) is 3. The SMILES string of the molecule is C=C(C)CCCCCCCN/C(=C/CC)[C@H]1[C@H](C)CC2C3CCC4=CC(=O)C=CC4(C)C3C(O)CC21C. The van der Waals surface area contributed by atoms with Gasteiger partial charge in [-0.1, -0.05) is 70.3 Å². The van der Waals surface area contributed by atoms with Crippen molar-refractivity contribution in [2.45, 2.75) is 111 Å². The van der Waals surface area contributed by atoms with Gasteiger partial charge in [0.25, 0.3) is 0 Å². The number of aliphatic hydroxyl groups is 1. The van der Waals surface area contributed by atoms with E-state index in [9.17, 15) is 9.90 Å². The Labute approximate surface area is 227 Å². The smallest absolute Gasteiger partial charge is 0.178 e. The van der Waals surface area contributed by atoms with Crippen molar-refractivity contribution in [1.82, 2.24) is 5.32 Å². The lowest BCUT2D eigenvalue weighted by Crippen LogP contribution is -2.56. The number of unbranched alkanes of at least 4 members (excludes halogenated alkanes) is 4.